The van der Waals surface area contributed by atoms with Crippen LogP contribution < -0.4 is 0 Å². The SMILES string of the molecule is OC1(Cn2ccnn2)CCCN(Cc2cn3cc(Cl)ccc3n2)C1. The minimum Gasteiger partial charge on any atom is -0.387 e. The topological polar surface area (TPSA) is 71.5 Å². The van der Waals surface area contributed by atoms with Gasteiger partial charge in [-0.15, -0.1) is 5.10 Å². The maximum Gasteiger partial charge on any atom is 0.137 e. The summed E-state index contributed by atoms with van der Waals surface area (Å²) in [6.45, 7) is 2.72. The van der Waals surface area contributed by atoms with E-state index < -0.39 is 5.60 Å². The molecule has 0 saturated carbocycles. The summed E-state index contributed by atoms with van der Waals surface area (Å²) in [7, 11) is 0. The number of piperidine rings is 1. The van der Waals surface area contributed by atoms with Gasteiger partial charge in [0.05, 0.1) is 29.1 Å². The van der Waals surface area contributed by atoms with E-state index in [-0.39, 0.29) is 0 Å². The number of pyridine rings is 1. The number of fused-ring (bicyclic) bond motifs is 1. The molecule has 0 radical (unpaired) electrons. The molecule has 126 valence electrons. The number of nitrogens with zero attached hydrogens (tertiary/aromatic N) is 6. The highest BCUT2D eigenvalue weighted by molar-refractivity contribution is 6.30. The van der Waals surface area contributed by atoms with Gasteiger partial charge in [-0.1, -0.05) is 16.8 Å². The van der Waals surface area contributed by atoms with Crippen LogP contribution in [0, 0.1) is 0 Å². The van der Waals surface area contributed by atoms with E-state index in [4.69, 9.17) is 11.6 Å². The molecule has 0 amide bonds. The molecule has 1 atom stereocenters. The fourth-order valence-electron chi connectivity index (χ4n) is 3.41. The Balaban J connectivity index is 1.47. The van der Waals surface area contributed by atoms with Crippen molar-refractivity contribution in [1.82, 2.24) is 29.3 Å². The summed E-state index contributed by atoms with van der Waals surface area (Å²) >= 11 is 6.02. The molecule has 1 aliphatic rings. The third-order valence-electron chi connectivity index (χ3n) is 4.41. The standard InChI is InChI=1S/C16H19ClN6O/c17-13-2-3-15-19-14(10-22(15)8-13)9-21-6-1-4-16(24,11-21)12-23-7-5-18-20-23/h2-3,5,7-8,10,24H,1,4,6,9,11-12H2. The molecule has 1 saturated heterocycles. The molecule has 3 aromatic heterocycles. The third kappa shape index (κ3) is 3.28. The Kier molecular flexibility index (Phi) is 3.99. The van der Waals surface area contributed by atoms with Crippen LogP contribution in [0.1, 0.15) is 18.5 Å². The van der Waals surface area contributed by atoms with Crippen molar-refractivity contribution in [1.29, 1.82) is 0 Å². The first-order chi connectivity index (χ1) is 11.6. The van der Waals surface area contributed by atoms with Crippen molar-refractivity contribution in [3.05, 3.63) is 47.6 Å². The second-order valence-electron chi connectivity index (χ2n) is 6.48. The van der Waals surface area contributed by atoms with E-state index in [0.29, 0.717) is 24.7 Å². The van der Waals surface area contributed by atoms with E-state index in [9.17, 15) is 5.11 Å². The van der Waals surface area contributed by atoms with Gasteiger partial charge in [0.25, 0.3) is 0 Å². The Morgan fingerprint density at radius 1 is 1.29 bits per heavy atom. The van der Waals surface area contributed by atoms with Crippen LogP contribution in [-0.4, -0.2) is 53.1 Å². The van der Waals surface area contributed by atoms with Crippen molar-refractivity contribution < 1.29 is 5.11 Å². The lowest BCUT2D eigenvalue weighted by Crippen LogP contribution is -2.50. The highest BCUT2D eigenvalue weighted by Crippen LogP contribution is 2.24. The molecule has 8 heteroatoms. The van der Waals surface area contributed by atoms with Crippen molar-refractivity contribution in [3.63, 3.8) is 0 Å². The summed E-state index contributed by atoms with van der Waals surface area (Å²) in [5.74, 6) is 0. The largest absolute Gasteiger partial charge is 0.387 e. The van der Waals surface area contributed by atoms with Gasteiger partial charge in [-0.05, 0) is 31.5 Å². The van der Waals surface area contributed by atoms with Gasteiger partial charge >= 0.3 is 0 Å². The summed E-state index contributed by atoms with van der Waals surface area (Å²) in [6.07, 6.45) is 8.97. The molecule has 7 nitrogen and oxygen atoms in total. The maximum atomic E-state index is 10.9. The molecule has 1 fully saturated rings. The molecule has 1 N–H and O–H groups in total. The van der Waals surface area contributed by atoms with Gasteiger partial charge in [-0.2, -0.15) is 0 Å². The van der Waals surface area contributed by atoms with Crippen LogP contribution in [0.5, 0.6) is 0 Å². The van der Waals surface area contributed by atoms with Crippen molar-refractivity contribution >= 4 is 17.2 Å². The van der Waals surface area contributed by atoms with Crippen molar-refractivity contribution in [3.8, 4) is 0 Å². The lowest BCUT2D eigenvalue weighted by molar-refractivity contribution is -0.0480. The zero-order valence-corrected chi connectivity index (χ0v) is 14.0. The second-order valence-corrected chi connectivity index (χ2v) is 6.92. The molecule has 1 unspecified atom stereocenters. The normalized spacial score (nSPS) is 22.2. The lowest BCUT2D eigenvalue weighted by atomic mass is 9.92. The summed E-state index contributed by atoms with van der Waals surface area (Å²) < 4.78 is 3.62. The number of aliphatic hydroxyl groups is 1. The number of hydrogen-bond donors (Lipinski definition) is 1. The molecular formula is C16H19ClN6O. The number of imidazole rings is 1. The van der Waals surface area contributed by atoms with Crippen LogP contribution in [0.25, 0.3) is 5.65 Å². The lowest BCUT2D eigenvalue weighted by Gasteiger charge is -2.38. The fraction of sp³-hybridized carbons (Fsp3) is 0.438. The molecule has 0 bridgehead atoms. The van der Waals surface area contributed by atoms with Gasteiger partial charge < -0.3 is 9.51 Å². The number of likely N-dealkylation sites (tertiary alicyclic amines) is 1. The number of aromatic nitrogens is 5. The van der Waals surface area contributed by atoms with E-state index in [1.807, 2.05) is 28.9 Å². The van der Waals surface area contributed by atoms with E-state index in [1.54, 1.807) is 17.1 Å². The number of hydrogen-bond acceptors (Lipinski definition) is 5. The Morgan fingerprint density at radius 2 is 2.21 bits per heavy atom. The fourth-order valence-corrected chi connectivity index (χ4v) is 3.58. The molecule has 4 rings (SSSR count). The van der Waals surface area contributed by atoms with Crippen LogP contribution in [0.2, 0.25) is 5.02 Å². The Labute approximate surface area is 144 Å². The minimum atomic E-state index is -0.783. The van der Waals surface area contributed by atoms with Gasteiger partial charge in [-0.25, -0.2) is 9.67 Å². The van der Waals surface area contributed by atoms with E-state index in [1.165, 1.54) is 0 Å². The summed E-state index contributed by atoms with van der Waals surface area (Å²) in [5, 5.41) is 19.3. The smallest absolute Gasteiger partial charge is 0.137 e. The summed E-state index contributed by atoms with van der Waals surface area (Å²) in [5.41, 5.74) is 1.07. The highest BCUT2D eigenvalue weighted by atomic mass is 35.5. The molecule has 0 aliphatic carbocycles. The zero-order valence-electron chi connectivity index (χ0n) is 13.2. The van der Waals surface area contributed by atoms with Gasteiger partial charge in [-0.3, -0.25) is 4.90 Å². The first kappa shape index (κ1) is 15.6. The highest BCUT2D eigenvalue weighted by Gasteiger charge is 2.34. The van der Waals surface area contributed by atoms with Crippen LogP contribution in [0.4, 0.5) is 0 Å². The van der Waals surface area contributed by atoms with E-state index in [2.05, 4.69) is 20.2 Å². The van der Waals surface area contributed by atoms with Crippen LogP contribution in [-0.2, 0) is 13.1 Å². The van der Waals surface area contributed by atoms with Gasteiger partial charge in [0.15, 0.2) is 0 Å². The van der Waals surface area contributed by atoms with E-state index in [0.717, 1.165) is 30.7 Å². The van der Waals surface area contributed by atoms with Gasteiger partial charge in [0.1, 0.15) is 5.65 Å². The molecule has 0 aromatic carbocycles. The van der Waals surface area contributed by atoms with Gasteiger partial charge in [0, 0.05) is 31.7 Å². The van der Waals surface area contributed by atoms with Gasteiger partial charge in [0.2, 0.25) is 0 Å². The second kappa shape index (κ2) is 6.16. The minimum absolute atomic E-state index is 0.463. The van der Waals surface area contributed by atoms with E-state index >= 15 is 0 Å². The van der Waals surface area contributed by atoms with Crippen LogP contribution in [0.15, 0.2) is 36.9 Å². The Hall–Kier alpha value is -1.96. The average Bonchev–Trinajstić information content (AvgIpc) is 3.15. The van der Waals surface area contributed by atoms with Crippen molar-refractivity contribution in [2.75, 3.05) is 13.1 Å². The molecule has 0 spiro atoms. The summed E-state index contributed by atoms with van der Waals surface area (Å²) in [6, 6.07) is 3.74. The molecule has 1 aliphatic heterocycles. The van der Waals surface area contributed by atoms with Crippen LogP contribution >= 0.6 is 11.6 Å². The monoisotopic (exact) mass is 346 g/mol. The molecule has 3 aromatic rings. The molecular weight excluding hydrogens is 328 g/mol. The Morgan fingerprint density at radius 3 is 3.04 bits per heavy atom. The van der Waals surface area contributed by atoms with Crippen LogP contribution in [0.3, 0.4) is 0 Å². The number of rotatable bonds is 4. The van der Waals surface area contributed by atoms with Crippen molar-refractivity contribution in [2.45, 2.75) is 31.5 Å². The average molecular weight is 347 g/mol. The first-order valence-corrected chi connectivity index (χ1v) is 8.39. The quantitative estimate of drug-likeness (QED) is 0.777. The number of β-amino-alcohol motifs (C(OH)–C–C–N with tert-alkyl or cyclic N) is 1. The third-order valence-corrected chi connectivity index (χ3v) is 4.64. The first-order valence-electron chi connectivity index (χ1n) is 8.02. The summed E-state index contributed by atoms with van der Waals surface area (Å²) in [4.78, 5) is 6.86. The number of halogens is 1. The van der Waals surface area contributed by atoms with Crippen molar-refractivity contribution in [2.24, 2.45) is 0 Å². The molecule has 24 heavy (non-hydrogen) atoms. The maximum absolute atomic E-state index is 10.9. The molecule has 4 heterocycles. The Bertz CT molecular complexity index is 832. The predicted octanol–water partition coefficient (Wildman–Crippen LogP) is 1.61. The predicted molar refractivity (Wildman–Crippen MR) is 89.7 cm³/mol. The zero-order chi connectivity index (χ0) is 16.6.